The Hall–Kier alpha value is -1.13. The summed E-state index contributed by atoms with van der Waals surface area (Å²) in [5.74, 6) is 0. The Labute approximate surface area is 69.3 Å². The first-order valence-electron chi connectivity index (χ1n) is 3.14. The first-order valence-corrected chi connectivity index (χ1v) is 3.14. The predicted octanol–water partition coefficient (Wildman–Crippen LogP) is 2.48. The maximum Gasteiger partial charge on any atom is 0.503 e. The van der Waals surface area contributed by atoms with Crippen LogP contribution >= 0.6 is 0 Å². The van der Waals surface area contributed by atoms with E-state index in [1.165, 1.54) is 0 Å². The molecule has 0 aromatic carbocycles. The first kappa shape index (κ1) is 13.5. The number of alkyl halides is 2. The standard InChI is InChI=1S/C6H10F2.CH2O3/c1-5(3-7)6(2)4-8;2-1(3)4/h3-4H2,1-2H3;(H2,2,3,4). The molecule has 0 aliphatic carbocycles. The van der Waals surface area contributed by atoms with Gasteiger partial charge in [0.05, 0.1) is 0 Å². The van der Waals surface area contributed by atoms with E-state index < -0.39 is 19.5 Å². The maximum absolute atomic E-state index is 11.6. The zero-order valence-corrected chi connectivity index (χ0v) is 6.97. The topological polar surface area (TPSA) is 57.5 Å². The van der Waals surface area contributed by atoms with Gasteiger partial charge in [0.25, 0.3) is 0 Å². The summed E-state index contributed by atoms with van der Waals surface area (Å²) in [6.45, 7) is 2.12. The van der Waals surface area contributed by atoms with E-state index in [0.29, 0.717) is 11.1 Å². The third kappa shape index (κ3) is 11.6. The second kappa shape index (κ2) is 7.97. The quantitative estimate of drug-likeness (QED) is 0.645. The van der Waals surface area contributed by atoms with Gasteiger partial charge in [0.2, 0.25) is 0 Å². The summed E-state index contributed by atoms with van der Waals surface area (Å²) in [7, 11) is 0. The lowest BCUT2D eigenvalue weighted by atomic mass is 10.2. The minimum Gasteiger partial charge on any atom is -0.450 e. The number of hydrogen-bond acceptors (Lipinski definition) is 1. The van der Waals surface area contributed by atoms with Gasteiger partial charge in [0.15, 0.2) is 0 Å². The SMILES string of the molecule is CC(CF)=C(C)CF.O=C(O)O. The Balaban J connectivity index is 0. The fraction of sp³-hybridized carbons (Fsp3) is 0.571. The fourth-order valence-corrected chi connectivity index (χ4v) is 0.228. The van der Waals surface area contributed by atoms with Gasteiger partial charge in [-0.25, -0.2) is 13.6 Å². The highest BCUT2D eigenvalue weighted by Crippen LogP contribution is 2.02. The second-order valence-electron chi connectivity index (χ2n) is 2.11. The molecule has 2 N–H and O–H groups in total. The summed E-state index contributed by atoms with van der Waals surface area (Å²) in [6.07, 6.45) is -1.83. The Bertz CT molecular complexity index is 150. The first-order chi connectivity index (χ1) is 5.45. The van der Waals surface area contributed by atoms with Gasteiger partial charge in [-0.3, -0.25) is 0 Å². The van der Waals surface area contributed by atoms with Crippen LogP contribution in [0.25, 0.3) is 0 Å². The monoisotopic (exact) mass is 182 g/mol. The van der Waals surface area contributed by atoms with E-state index in [4.69, 9.17) is 15.0 Å². The van der Waals surface area contributed by atoms with Crippen LogP contribution in [0.5, 0.6) is 0 Å². The molecule has 0 bridgehead atoms. The van der Waals surface area contributed by atoms with Gasteiger partial charge in [0.1, 0.15) is 13.3 Å². The molecule has 3 nitrogen and oxygen atoms in total. The van der Waals surface area contributed by atoms with Crippen LogP contribution in [0.4, 0.5) is 13.6 Å². The third-order valence-electron chi connectivity index (χ3n) is 1.13. The molecule has 12 heavy (non-hydrogen) atoms. The molecule has 0 saturated heterocycles. The molecule has 0 amide bonds. The molecule has 0 aromatic heterocycles. The van der Waals surface area contributed by atoms with Crippen LogP contribution in [-0.4, -0.2) is 29.7 Å². The van der Waals surface area contributed by atoms with Crippen LogP contribution in [-0.2, 0) is 0 Å². The van der Waals surface area contributed by atoms with Crippen LogP contribution in [0.2, 0.25) is 0 Å². The van der Waals surface area contributed by atoms with Crippen molar-refractivity contribution in [1.82, 2.24) is 0 Å². The number of rotatable bonds is 2. The second-order valence-corrected chi connectivity index (χ2v) is 2.11. The Kier molecular flexibility index (Phi) is 8.94. The van der Waals surface area contributed by atoms with E-state index in [0.717, 1.165) is 0 Å². The molecule has 0 rings (SSSR count). The molecular weight excluding hydrogens is 170 g/mol. The summed E-state index contributed by atoms with van der Waals surface area (Å²) < 4.78 is 23.2. The lowest BCUT2D eigenvalue weighted by molar-refractivity contribution is 0.137. The van der Waals surface area contributed by atoms with Crippen molar-refractivity contribution < 1.29 is 23.8 Å². The van der Waals surface area contributed by atoms with Crippen LogP contribution in [0.15, 0.2) is 11.1 Å². The average Bonchev–Trinajstić information content (AvgIpc) is 2.00. The van der Waals surface area contributed by atoms with Crippen molar-refractivity contribution in [3.05, 3.63) is 11.1 Å². The van der Waals surface area contributed by atoms with Gasteiger partial charge in [-0.1, -0.05) is 0 Å². The van der Waals surface area contributed by atoms with Crippen molar-refractivity contribution in [3.63, 3.8) is 0 Å². The maximum atomic E-state index is 11.6. The molecule has 0 aliphatic rings. The summed E-state index contributed by atoms with van der Waals surface area (Å²) in [5, 5.41) is 13.9. The smallest absolute Gasteiger partial charge is 0.450 e. The Morgan fingerprint density at radius 3 is 1.33 bits per heavy atom. The molecule has 0 atom stereocenters. The number of allylic oxidation sites excluding steroid dienone is 2. The van der Waals surface area contributed by atoms with Crippen molar-refractivity contribution >= 4 is 6.16 Å². The summed E-state index contributed by atoms with van der Waals surface area (Å²) in [6, 6.07) is 0. The number of hydrogen-bond donors (Lipinski definition) is 2. The number of halogens is 2. The van der Waals surface area contributed by atoms with E-state index in [1.807, 2.05) is 0 Å². The van der Waals surface area contributed by atoms with Crippen LogP contribution in [0, 0.1) is 0 Å². The Morgan fingerprint density at radius 1 is 1.08 bits per heavy atom. The minimum absolute atomic E-state index is 0.507. The van der Waals surface area contributed by atoms with E-state index in [1.54, 1.807) is 13.8 Å². The summed E-state index contributed by atoms with van der Waals surface area (Å²) in [4.78, 5) is 8.56. The molecular formula is C7H12F2O3. The zero-order chi connectivity index (χ0) is 10.1. The molecule has 72 valence electrons. The van der Waals surface area contributed by atoms with Gasteiger partial charge >= 0.3 is 6.16 Å². The van der Waals surface area contributed by atoms with Gasteiger partial charge in [-0.2, -0.15) is 0 Å². The van der Waals surface area contributed by atoms with Crippen LogP contribution in [0.1, 0.15) is 13.8 Å². The highest BCUT2D eigenvalue weighted by Gasteiger charge is 1.92. The highest BCUT2D eigenvalue weighted by molar-refractivity contribution is 5.53. The van der Waals surface area contributed by atoms with Crippen LogP contribution < -0.4 is 0 Å². The van der Waals surface area contributed by atoms with Crippen molar-refractivity contribution in [1.29, 1.82) is 0 Å². The Morgan fingerprint density at radius 2 is 1.25 bits per heavy atom. The lowest BCUT2D eigenvalue weighted by Gasteiger charge is -1.95. The molecule has 0 aromatic rings. The van der Waals surface area contributed by atoms with E-state index in [9.17, 15) is 8.78 Å². The predicted molar refractivity (Wildman–Crippen MR) is 41.0 cm³/mol. The van der Waals surface area contributed by atoms with Gasteiger partial charge < -0.3 is 10.2 Å². The zero-order valence-electron chi connectivity index (χ0n) is 6.97. The van der Waals surface area contributed by atoms with Crippen molar-refractivity contribution in [3.8, 4) is 0 Å². The molecule has 0 unspecified atom stereocenters. The molecule has 0 spiro atoms. The van der Waals surface area contributed by atoms with E-state index in [2.05, 4.69) is 0 Å². The van der Waals surface area contributed by atoms with Crippen molar-refractivity contribution in [2.45, 2.75) is 13.8 Å². The normalized spacial score (nSPS) is 11.0. The highest BCUT2D eigenvalue weighted by atomic mass is 19.1. The molecule has 0 aliphatic heterocycles. The fourth-order valence-electron chi connectivity index (χ4n) is 0.228. The molecule has 0 fully saturated rings. The van der Waals surface area contributed by atoms with Crippen molar-refractivity contribution in [2.75, 3.05) is 13.3 Å². The van der Waals surface area contributed by atoms with Gasteiger partial charge in [-0.15, -0.1) is 0 Å². The van der Waals surface area contributed by atoms with Crippen LogP contribution in [0.3, 0.4) is 0 Å². The average molecular weight is 182 g/mol. The molecule has 0 heterocycles. The number of carboxylic acid groups (broad SMARTS) is 2. The minimum atomic E-state index is -1.83. The molecule has 0 saturated carbocycles. The summed E-state index contributed by atoms with van der Waals surface area (Å²) in [5.41, 5.74) is 1.01. The van der Waals surface area contributed by atoms with Gasteiger partial charge in [0, 0.05) is 0 Å². The molecule has 5 heteroatoms. The summed E-state index contributed by atoms with van der Waals surface area (Å²) >= 11 is 0. The third-order valence-corrected chi connectivity index (χ3v) is 1.13. The largest absolute Gasteiger partial charge is 0.503 e. The lowest BCUT2D eigenvalue weighted by Crippen LogP contribution is -1.86. The molecule has 0 radical (unpaired) electrons. The van der Waals surface area contributed by atoms with E-state index in [-0.39, 0.29) is 0 Å². The number of carbonyl (C=O) groups is 1. The van der Waals surface area contributed by atoms with Gasteiger partial charge in [-0.05, 0) is 25.0 Å². The van der Waals surface area contributed by atoms with Crippen molar-refractivity contribution in [2.24, 2.45) is 0 Å². The van der Waals surface area contributed by atoms with E-state index >= 15 is 0 Å².